The first-order valence-corrected chi connectivity index (χ1v) is 8.39. The SMILES string of the molecule is COC(=O)c1nn(Cc2ccc3ncc(Cl)cc3c2)c2ccnc(C)c12. The molecule has 6 nitrogen and oxygen atoms in total. The van der Waals surface area contributed by atoms with Crippen LogP contribution in [0.3, 0.4) is 0 Å². The molecular formula is C19H15ClN4O2. The highest BCUT2D eigenvalue weighted by Gasteiger charge is 2.20. The number of rotatable bonds is 3. The van der Waals surface area contributed by atoms with Crippen LogP contribution in [0.5, 0.6) is 0 Å². The monoisotopic (exact) mass is 366 g/mol. The van der Waals surface area contributed by atoms with E-state index in [1.807, 2.05) is 37.3 Å². The van der Waals surface area contributed by atoms with Crippen molar-refractivity contribution in [2.24, 2.45) is 0 Å². The van der Waals surface area contributed by atoms with E-state index >= 15 is 0 Å². The van der Waals surface area contributed by atoms with Crippen LogP contribution in [-0.2, 0) is 11.3 Å². The van der Waals surface area contributed by atoms with Crippen molar-refractivity contribution in [3.05, 3.63) is 64.7 Å². The van der Waals surface area contributed by atoms with Gasteiger partial charge < -0.3 is 4.74 Å². The minimum atomic E-state index is -0.473. The van der Waals surface area contributed by atoms with Gasteiger partial charge in [-0.2, -0.15) is 5.10 Å². The highest BCUT2D eigenvalue weighted by atomic mass is 35.5. The Balaban J connectivity index is 1.82. The summed E-state index contributed by atoms with van der Waals surface area (Å²) in [5.41, 5.74) is 3.75. The zero-order valence-electron chi connectivity index (χ0n) is 14.2. The maximum atomic E-state index is 12.1. The Morgan fingerprint density at radius 1 is 1.23 bits per heavy atom. The number of esters is 1. The minimum absolute atomic E-state index is 0.276. The first-order chi connectivity index (χ1) is 12.6. The van der Waals surface area contributed by atoms with Gasteiger partial charge >= 0.3 is 5.97 Å². The number of pyridine rings is 2. The van der Waals surface area contributed by atoms with Gasteiger partial charge in [0.25, 0.3) is 0 Å². The Bertz CT molecular complexity index is 1150. The van der Waals surface area contributed by atoms with E-state index in [0.717, 1.165) is 27.7 Å². The minimum Gasteiger partial charge on any atom is -0.464 e. The molecule has 3 heterocycles. The zero-order valence-corrected chi connectivity index (χ0v) is 15.0. The fraction of sp³-hybridized carbons (Fsp3) is 0.158. The maximum absolute atomic E-state index is 12.1. The summed E-state index contributed by atoms with van der Waals surface area (Å²) in [5.74, 6) is -0.473. The Hall–Kier alpha value is -2.99. The van der Waals surface area contributed by atoms with E-state index in [1.54, 1.807) is 17.1 Å². The van der Waals surface area contributed by atoms with E-state index in [1.165, 1.54) is 7.11 Å². The number of benzene rings is 1. The van der Waals surface area contributed by atoms with Crippen LogP contribution >= 0.6 is 11.6 Å². The van der Waals surface area contributed by atoms with Crippen molar-refractivity contribution >= 4 is 39.4 Å². The second kappa shape index (κ2) is 6.38. The Labute approximate surface area is 154 Å². The summed E-state index contributed by atoms with van der Waals surface area (Å²) in [7, 11) is 1.35. The lowest BCUT2D eigenvalue weighted by atomic mass is 10.1. The van der Waals surface area contributed by atoms with Gasteiger partial charge in [0.1, 0.15) is 0 Å². The van der Waals surface area contributed by atoms with Gasteiger partial charge in [-0.05, 0) is 36.8 Å². The number of fused-ring (bicyclic) bond motifs is 2. The fourth-order valence-electron chi connectivity index (χ4n) is 3.07. The Kier molecular flexibility index (Phi) is 4.05. The summed E-state index contributed by atoms with van der Waals surface area (Å²) in [6.45, 7) is 2.35. The molecule has 1 aromatic carbocycles. The summed E-state index contributed by atoms with van der Waals surface area (Å²) in [5, 5.41) is 6.73. The third-order valence-corrected chi connectivity index (χ3v) is 4.48. The number of aryl methyl sites for hydroxylation is 1. The van der Waals surface area contributed by atoms with Crippen LogP contribution < -0.4 is 0 Å². The molecule has 0 N–H and O–H groups in total. The van der Waals surface area contributed by atoms with Gasteiger partial charge in [-0.1, -0.05) is 17.7 Å². The number of hydrogen-bond donors (Lipinski definition) is 0. The van der Waals surface area contributed by atoms with E-state index in [4.69, 9.17) is 16.3 Å². The first-order valence-electron chi connectivity index (χ1n) is 8.01. The van der Waals surface area contributed by atoms with Crippen molar-refractivity contribution in [2.75, 3.05) is 7.11 Å². The van der Waals surface area contributed by atoms with Crippen molar-refractivity contribution in [3.8, 4) is 0 Å². The van der Waals surface area contributed by atoms with E-state index in [0.29, 0.717) is 17.0 Å². The van der Waals surface area contributed by atoms with E-state index in [9.17, 15) is 4.79 Å². The molecule has 3 aromatic heterocycles. The molecule has 0 aliphatic heterocycles. The Morgan fingerprint density at radius 3 is 2.88 bits per heavy atom. The van der Waals surface area contributed by atoms with Crippen LogP contribution in [0.4, 0.5) is 0 Å². The molecule has 0 atom stereocenters. The molecule has 0 unspecified atom stereocenters. The lowest BCUT2D eigenvalue weighted by molar-refractivity contribution is 0.0595. The number of hydrogen-bond acceptors (Lipinski definition) is 5. The van der Waals surface area contributed by atoms with Gasteiger partial charge in [-0.15, -0.1) is 0 Å². The number of carbonyl (C=O) groups excluding carboxylic acids is 1. The van der Waals surface area contributed by atoms with Gasteiger partial charge in [-0.25, -0.2) is 4.79 Å². The van der Waals surface area contributed by atoms with Crippen LogP contribution in [0, 0.1) is 6.92 Å². The zero-order chi connectivity index (χ0) is 18.3. The summed E-state index contributed by atoms with van der Waals surface area (Å²) in [6.07, 6.45) is 3.34. The molecule has 0 bridgehead atoms. The number of carbonyl (C=O) groups is 1. The van der Waals surface area contributed by atoms with Crippen molar-refractivity contribution in [1.29, 1.82) is 0 Å². The molecule has 0 aliphatic carbocycles. The molecule has 7 heteroatoms. The van der Waals surface area contributed by atoms with Gasteiger partial charge in [0, 0.05) is 23.5 Å². The molecule has 0 aliphatic rings. The third kappa shape index (κ3) is 2.78. The van der Waals surface area contributed by atoms with Crippen molar-refractivity contribution in [1.82, 2.24) is 19.7 Å². The summed E-state index contributed by atoms with van der Waals surface area (Å²) < 4.78 is 6.66. The molecule has 26 heavy (non-hydrogen) atoms. The molecule has 0 fully saturated rings. The first kappa shape index (κ1) is 16.5. The van der Waals surface area contributed by atoms with Crippen LogP contribution in [0.25, 0.3) is 21.8 Å². The van der Waals surface area contributed by atoms with Crippen LogP contribution in [-0.4, -0.2) is 32.8 Å². The van der Waals surface area contributed by atoms with E-state index in [-0.39, 0.29) is 5.69 Å². The number of aromatic nitrogens is 4. The van der Waals surface area contributed by atoms with Gasteiger partial charge in [0.2, 0.25) is 0 Å². The highest BCUT2D eigenvalue weighted by molar-refractivity contribution is 6.31. The predicted octanol–water partition coefficient (Wildman–Crippen LogP) is 3.78. The molecule has 4 aromatic rings. The largest absolute Gasteiger partial charge is 0.464 e. The number of methoxy groups -OCH3 is 1. The molecule has 4 rings (SSSR count). The van der Waals surface area contributed by atoms with Crippen molar-refractivity contribution in [2.45, 2.75) is 13.5 Å². The number of ether oxygens (including phenoxy) is 1. The average molecular weight is 367 g/mol. The standard InChI is InChI=1S/C19H15ClN4O2/c1-11-17-16(5-6-21-11)24(23-18(17)19(25)26-2)10-12-3-4-15-13(7-12)8-14(20)9-22-15/h3-9H,10H2,1-2H3. The van der Waals surface area contributed by atoms with Crippen molar-refractivity contribution < 1.29 is 9.53 Å². The summed E-state index contributed by atoms with van der Waals surface area (Å²) >= 11 is 6.04. The summed E-state index contributed by atoms with van der Waals surface area (Å²) in [4.78, 5) is 20.7. The van der Waals surface area contributed by atoms with Crippen LogP contribution in [0.2, 0.25) is 5.02 Å². The van der Waals surface area contributed by atoms with Crippen molar-refractivity contribution in [3.63, 3.8) is 0 Å². The van der Waals surface area contributed by atoms with Gasteiger partial charge in [0.05, 0.1) is 35.1 Å². The van der Waals surface area contributed by atoms with Gasteiger partial charge in [0.15, 0.2) is 5.69 Å². The summed E-state index contributed by atoms with van der Waals surface area (Å²) in [6, 6.07) is 9.68. The molecule has 0 amide bonds. The van der Waals surface area contributed by atoms with Gasteiger partial charge in [-0.3, -0.25) is 14.6 Å². The predicted molar refractivity (Wildman–Crippen MR) is 99.5 cm³/mol. The molecule has 0 spiro atoms. The molecule has 0 saturated carbocycles. The molecule has 0 saturated heterocycles. The lowest BCUT2D eigenvalue weighted by Gasteiger charge is -2.06. The normalized spacial score (nSPS) is 11.2. The van der Waals surface area contributed by atoms with Crippen LogP contribution in [0.1, 0.15) is 21.7 Å². The number of halogens is 1. The quantitative estimate of drug-likeness (QED) is 0.516. The third-order valence-electron chi connectivity index (χ3n) is 4.28. The molecular weight excluding hydrogens is 352 g/mol. The second-order valence-electron chi connectivity index (χ2n) is 5.97. The smallest absolute Gasteiger partial charge is 0.359 e. The Morgan fingerprint density at radius 2 is 2.08 bits per heavy atom. The highest BCUT2D eigenvalue weighted by Crippen LogP contribution is 2.24. The topological polar surface area (TPSA) is 69.9 Å². The van der Waals surface area contributed by atoms with Crippen LogP contribution in [0.15, 0.2) is 42.7 Å². The lowest BCUT2D eigenvalue weighted by Crippen LogP contribution is -2.06. The maximum Gasteiger partial charge on any atom is 0.359 e. The van der Waals surface area contributed by atoms with E-state index in [2.05, 4.69) is 15.1 Å². The fourth-order valence-corrected chi connectivity index (χ4v) is 3.24. The van der Waals surface area contributed by atoms with E-state index < -0.39 is 5.97 Å². The average Bonchev–Trinajstić information content (AvgIpc) is 3.00. The molecule has 0 radical (unpaired) electrons. The number of nitrogens with zero attached hydrogens (tertiary/aromatic N) is 4. The molecule has 130 valence electrons. The second-order valence-corrected chi connectivity index (χ2v) is 6.41.